The third-order valence-corrected chi connectivity index (χ3v) is 5.81. The van der Waals surface area contributed by atoms with E-state index < -0.39 is 22.2 Å². The summed E-state index contributed by atoms with van der Waals surface area (Å²) in [6, 6.07) is -0.921. The molecule has 21 heavy (non-hydrogen) atoms. The Labute approximate surface area is 126 Å². The van der Waals surface area contributed by atoms with Gasteiger partial charge in [-0.25, -0.2) is 4.72 Å². The minimum absolute atomic E-state index is 0.290. The van der Waals surface area contributed by atoms with E-state index >= 15 is 0 Å². The largest absolute Gasteiger partial charge is 0.480 e. The molecule has 0 spiro atoms. The number of hydrogen-bond acceptors (Lipinski definition) is 4. The number of carboxylic acid groups (broad SMARTS) is 1. The van der Waals surface area contributed by atoms with Gasteiger partial charge in [0.15, 0.2) is 0 Å². The molecule has 2 aliphatic rings. The average Bonchev–Trinajstić information content (AvgIpc) is 2.97. The molecule has 0 aromatic rings. The van der Waals surface area contributed by atoms with E-state index in [-0.39, 0.29) is 0 Å². The van der Waals surface area contributed by atoms with Gasteiger partial charge in [-0.3, -0.25) is 4.79 Å². The van der Waals surface area contributed by atoms with Crippen molar-refractivity contribution in [3.63, 3.8) is 0 Å². The van der Waals surface area contributed by atoms with Crippen molar-refractivity contribution in [3.8, 4) is 0 Å². The summed E-state index contributed by atoms with van der Waals surface area (Å²) in [6.07, 6.45) is 5.07. The highest BCUT2D eigenvalue weighted by molar-refractivity contribution is 7.87. The van der Waals surface area contributed by atoms with Crippen LogP contribution in [0.3, 0.4) is 0 Å². The van der Waals surface area contributed by atoms with E-state index in [4.69, 9.17) is 5.11 Å². The zero-order chi connectivity index (χ0) is 15.3. The predicted octanol–water partition coefficient (Wildman–Crippen LogP) is 0.246. The van der Waals surface area contributed by atoms with Crippen LogP contribution in [-0.4, -0.2) is 67.5 Å². The molecule has 7 nitrogen and oxygen atoms in total. The first-order chi connectivity index (χ1) is 10.0. The molecule has 0 saturated carbocycles. The molecule has 1 unspecified atom stereocenters. The van der Waals surface area contributed by atoms with Crippen molar-refractivity contribution in [2.24, 2.45) is 0 Å². The summed E-state index contributed by atoms with van der Waals surface area (Å²) in [6.45, 7) is 3.74. The average molecular weight is 319 g/mol. The maximum Gasteiger partial charge on any atom is 0.322 e. The Hall–Kier alpha value is -0.700. The van der Waals surface area contributed by atoms with Crippen LogP contribution in [0.2, 0.25) is 0 Å². The van der Waals surface area contributed by atoms with Crippen molar-refractivity contribution in [2.75, 3.05) is 32.7 Å². The smallest absolute Gasteiger partial charge is 0.322 e. The monoisotopic (exact) mass is 319 g/mol. The van der Waals surface area contributed by atoms with Crippen LogP contribution in [0.5, 0.6) is 0 Å². The summed E-state index contributed by atoms with van der Waals surface area (Å²) in [5, 5.41) is 9.15. The zero-order valence-corrected chi connectivity index (χ0v) is 13.1. The second-order valence-electron chi connectivity index (χ2n) is 5.76. The van der Waals surface area contributed by atoms with E-state index in [1.165, 1.54) is 12.8 Å². The van der Waals surface area contributed by atoms with Gasteiger partial charge in [0, 0.05) is 13.1 Å². The summed E-state index contributed by atoms with van der Waals surface area (Å²) in [4.78, 5) is 13.5. The normalized spacial score (nSPS) is 25.2. The Morgan fingerprint density at radius 2 is 1.81 bits per heavy atom. The molecule has 122 valence electrons. The van der Waals surface area contributed by atoms with Crippen LogP contribution in [0.4, 0.5) is 0 Å². The van der Waals surface area contributed by atoms with Crippen LogP contribution in [-0.2, 0) is 15.0 Å². The van der Waals surface area contributed by atoms with Crippen LogP contribution >= 0.6 is 0 Å². The number of nitrogens with one attached hydrogen (secondary N) is 1. The summed E-state index contributed by atoms with van der Waals surface area (Å²) in [5.41, 5.74) is 0. The molecule has 2 heterocycles. The first-order valence-corrected chi connectivity index (χ1v) is 9.16. The van der Waals surface area contributed by atoms with Gasteiger partial charge in [0.2, 0.25) is 0 Å². The van der Waals surface area contributed by atoms with Gasteiger partial charge in [0.05, 0.1) is 0 Å². The summed E-state index contributed by atoms with van der Waals surface area (Å²) < 4.78 is 28.1. The van der Waals surface area contributed by atoms with Gasteiger partial charge in [0.25, 0.3) is 10.2 Å². The number of aliphatic carboxylic acids is 1. The molecule has 2 aliphatic heterocycles. The molecular weight excluding hydrogens is 294 g/mol. The van der Waals surface area contributed by atoms with E-state index in [1.54, 1.807) is 0 Å². The highest BCUT2D eigenvalue weighted by Crippen LogP contribution is 2.19. The Kier molecular flexibility index (Phi) is 5.98. The fraction of sp³-hybridized carbons (Fsp3) is 0.923. The Morgan fingerprint density at radius 3 is 2.48 bits per heavy atom. The molecule has 0 aromatic carbocycles. The third kappa shape index (κ3) is 4.64. The van der Waals surface area contributed by atoms with Crippen molar-refractivity contribution in [1.82, 2.24) is 13.9 Å². The molecule has 0 aromatic heterocycles. The van der Waals surface area contributed by atoms with E-state index in [0.29, 0.717) is 19.5 Å². The van der Waals surface area contributed by atoms with Crippen LogP contribution < -0.4 is 4.72 Å². The highest BCUT2D eigenvalue weighted by Gasteiger charge is 2.36. The fourth-order valence-corrected chi connectivity index (χ4v) is 4.50. The van der Waals surface area contributed by atoms with Crippen molar-refractivity contribution in [3.05, 3.63) is 0 Å². The van der Waals surface area contributed by atoms with E-state index in [0.717, 1.165) is 43.2 Å². The van der Waals surface area contributed by atoms with Crippen LogP contribution in [0.1, 0.15) is 38.5 Å². The highest BCUT2D eigenvalue weighted by atomic mass is 32.2. The lowest BCUT2D eigenvalue weighted by Gasteiger charge is -2.31. The summed E-state index contributed by atoms with van der Waals surface area (Å²) in [5.74, 6) is -1.06. The minimum atomic E-state index is -3.69. The molecule has 0 aliphatic carbocycles. The number of carboxylic acids is 1. The lowest BCUT2D eigenvalue weighted by molar-refractivity contribution is -0.142. The molecule has 2 saturated heterocycles. The zero-order valence-electron chi connectivity index (χ0n) is 12.3. The Balaban J connectivity index is 1.80. The van der Waals surface area contributed by atoms with Crippen LogP contribution in [0.25, 0.3) is 0 Å². The van der Waals surface area contributed by atoms with Crippen molar-refractivity contribution >= 4 is 16.2 Å². The minimum Gasteiger partial charge on any atom is -0.480 e. The predicted molar refractivity (Wildman–Crippen MR) is 79.2 cm³/mol. The van der Waals surface area contributed by atoms with Gasteiger partial charge in [-0.2, -0.15) is 12.7 Å². The van der Waals surface area contributed by atoms with Gasteiger partial charge in [-0.05, 0) is 58.2 Å². The molecule has 0 amide bonds. The quantitative estimate of drug-likeness (QED) is 0.656. The van der Waals surface area contributed by atoms with Gasteiger partial charge in [0.1, 0.15) is 6.04 Å². The van der Waals surface area contributed by atoms with Gasteiger partial charge in [-0.1, -0.05) is 0 Å². The van der Waals surface area contributed by atoms with Crippen LogP contribution in [0, 0.1) is 0 Å². The molecule has 2 rings (SSSR count). The molecular formula is C13H25N3O4S. The van der Waals surface area contributed by atoms with E-state index in [2.05, 4.69) is 9.62 Å². The molecule has 2 fully saturated rings. The van der Waals surface area contributed by atoms with E-state index in [9.17, 15) is 13.2 Å². The number of piperidine rings is 1. The standard InChI is InChI=1S/C13H25N3O4S/c17-13(18)12-6-1-2-11-16(12)21(19,20)14-7-5-10-15-8-3-4-9-15/h12,14H,1-11H2,(H,17,18). The fourth-order valence-electron chi connectivity index (χ4n) is 3.03. The maximum absolute atomic E-state index is 12.2. The van der Waals surface area contributed by atoms with Crippen molar-refractivity contribution in [2.45, 2.75) is 44.6 Å². The second-order valence-corrected chi connectivity index (χ2v) is 7.47. The number of rotatable bonds is 7. The van der Waals surface area contributed by atoms with Crippen molar-refractivity contribution < 1.29 is 18.3 Å². The van der Waals surface area contributed by atoms with Gasteiger partial charge >= 0.3 is 5.97 Å². The van der Waals surface area contributed by atoms with E-state index in [1.807, 2.05) is 0 Å². The molecule has 8 heteroatoms. The number of carbonyl (C=O) groups is 1. The molecule has 0 radical (unpaired) electrons. The maximum atomic E-state index is 12.2. The molecule has 1 atom stereocenters. The molecule has 2 N–H and O–H groups in total. The van der Waals surface area contributed by atoms with Gasteiger partial charge < -0.3 is 10.0 Å². The van der Waals surface area contributed by atoms with Gasteiger partial charge in [-0.15, -0.1) is 0 Å². The SMILES string of the molecule is O=C(O)C1CCCCN1S(=O)(=O)NCCCN1CCCC1. The second kappa shape index (κ2) is 7.53. The number of likely N-dealkylation sites (tertiary alicyclic amines) is 1. The first-order valence-electron chi connectivity index (χ1n) is 7.72. The topological polar surface area (TPSA) is 90.0 Å². The van der Waals surface area contributed by atoms with Crippen molar-refractivity contribution in [1.29, 1.82) is 0 Å². The molecule has 0 bridgehead atoms. The summed E-state index contributed by atoms with van der Waals surface area (Å²) >= 11 is 0. The summed E-state index contributed by atoms with van der Waals surface area (Å²) in [7, 11) is -3.69. The number of nitrogens with zero attached hydrogens (tertiary/aromatic N) is 2. The first kappa shape index (κ1) is 16.7. The number of hydrogen-bond donors (Lipinski definition) is 2. The lowest BCUT2D eigenvalue weighted by atomic mass is 10.1. The van der Waals surface area contributed by atoms with Crippen LogP contribution in [0.15, 0.2) is 0 Å². The third-order valence-electron chi connectivity index (χ3n) is 4.18. The Morgan fingerprint density at radius 1 is 1.14 bits per heavy atom. The Bertz CT molecular complexity index is 448. The lowest BCUT2D eigenvalue weighted by Crippen LogP contribution is -2.52.